The molecule has 3 nitrogen and oxygen atoms in total. The minimum atomic E-state index is 0.481. The van der Waals surface area contributed by atoms with Gasteiger partial charge in [0.2, 0.25) is 0 Å². The predicted octanol–water partition coefficient (Wildman–Crippen LogP) is 3.78. The average Bonchev–Trinajstić information content (AvgIpc) is 2.90. The van der Waals surface area contributed by atoms with E-state index in [0.717, 1.165) is 33.4 Å². The van der Waals surface area contributed by atoms with Gasteiger partial charge in [0.15, 0.2) is 0 Å². The number of para-hydroxylation sites is 1. The second kappa shape index (κ2) is 5.39. The third-order valence-electron chi connectivity index (χ3n) is 3.46. The van der Waals surface area contributed by atoms with E-state index < -0.39 is 0 Å². The Bertz CT molecular complexity index is 731. The molecule has 0 atom stereocenters. The van der Waals surface area contributed by atoms with Crippen LogP contribution in [-0.2, 0) is 13.2 Å². The maximum atomic E-state index is 5.89. The van der Waals surface area contributed by atoms with Crippen molar-refractivity contribution in [2.45, 2.75) is 20.1 Å². The Morgan fingerprint density at radius 3 is 2.70 bits per heavy atom. The lowest BCUT2D eigenvalue weighted by atomic mass is 10.1. The number of ether oxygens (including phenoxy) is 1. The zero-order valence-corrected chi connectivity index (χ0v) is 11.4. The first-order valence-electron chi connectivity index (χ1n) is 6.66. The second-order valence-electron chi connectivity index (χ2n) is 4.81. The second-order valence-corrected chi connectivity index (χ2v) is 4.81. The first kappa shape index (κ1) is 12.8. The van der Waals surface area contributed by atoms with Gasteiger partial charge in [0.05, 0.1) is 6.26 Å². The van der Waals surface area contributed by atoms with E-state index in [-0.39, 0.29) is 0 Å². The van der Waals surface area contributed by atoms with Crippen molar-refractivity contribution in [3.05, 3.63) is 65.4 Å². The van der Waals surface area contributed by atoms with Crippen LogP contribution in [0.25, 0.3) is 11.0 Å². The predicted molar refractivity (Wildman–Crippen MR) is 79.6 cm³/mol. The Balaban J connectivity index is 1.90. The zero-order chi connectivity index (χ0) is 13.9. The van der Waals surface area contributed by atoms with Crippen LogP contribution in [0.2, 0.25) is 0 Å². The van der Waals surface area contributed by atoms with Crippen LogP contribution in [0.4, 0.5) is 0 Å². The van der Waals surface area contributed by atoms with E-state index in [1.807, 2.05) is 49.4 Å². The Labute approximate surface area is 118 Å². The zero-order valence-electron chi connectivity index (χ0n) is 11.4. The summed E-state index contributed by atoms with van der Waals surface area (Å²) in [5.74, 6) is 0.895. The van der Waals surface area contributed by atoms with Crippen molar-refractivity contribution in [3.63, 3.8) is 0 Å². The summed E-state index contributed by atoms with van der Waals surface area (Å²) >= 11 is 0. The fraction of sp³-hybridized carbons (Fsp3) is 0.176. The number of hydrogen-bond donors (Lipinski definition) is 1. The molecule has 1 heterocycles. The van der Waals surface area contributed by atoms with E-state index in [1.165, 1.54) is 0 Å². The van der Waals surface area contributed by atoms with E-state index in [0.29, 0.717) is 13.2 Å². The van der Waals surface area contributed by atoms with Gasteiger partial charge in [-0.05, 0) is 30.2 Å². The van der Waals surface area contributed by atoms with E-state index in [1.54, 1.807) is 6.26 Å². The molecule has 0 spiro atoms. The molecule has 0 aliphatic heterocycles. The molecule has 102 valence electrons. The van der Waals surface area contributed by atoms with Crippen molar-refractivity contribution in [2.75, 3.05) is 0 Å². The van der Waals surface area contributed by atoms with Gasteiger partial charge in [-0.3, -0.25) is 0 Å². The van der Waals surface area contributed by atoms with E-state index in [4.69, 9.17) is 14.9 Å². The first-order valence-corrected chi connectivity index (χ1v) is 6.66. The van der Waals surface area contributed by atoms with Crippen molar-refractivity contribution >= 4 is 11.0 Å². The van der Waals surface area contributed by atoms with Gasteiger partial charge in [0.1, 0.15) is 17.9 Å². The van der Waals surface area contributed by atoms with Crippen molar-refractivity contribution in [1.82, 2.24) is 0 Å². The summed E-state index contributed by atoms with van der Waals surface area (Å²) in [6.07, 6.45) is 1.75. The maximum absolute atomic E-state index is 5.89. The molecule has 0 unspecified atom stereocenters. The summed E-state index contributed by atoms with van der Waals surface area (Å²) < 4.78 is 11.5. The molecule has 0 bridgehead atoms. The van der Waals surface area contributed by atoms with Gasteiger partial charge < -0.3 is 14.9 Å². The summed E-state index contributed by atoms with van der Waals surface area (Å²) in [6, 6.07) is 13.9. The lowest BCUT2D eigenvalue weighted by Gasteiger charge is -2.08. The van der Waals surface area contributed by atoms with Crippen molar-refractivity contribution < 1.29 is 9.15 Å². The largest absolute Gasteiger partial charge is 0.488 e. The van der Waals surface area contributed by atoms with Gasteiger partial charge in [-0.15, -0.1) is 0 Å². The third-order valence-corrected chi connectivity index (χ3v) is 3.46. The van der Waals surface area contributed by atoms with Crippen LogP contribution in [0, 0.1) is 6.92 Å². The number of aryl methyl sites for hydroxylation is 1. The van der Waals surface area contributed by atoms with Crippen LogP contribution < -0.4 is 10.5 Å². The molecule has 2 N–H and O–H groups in total. The summed E-state index contributed by atoms with van der Waals surface area (Å²) in [5.41, 5.74) is 9.89. The highest BCUT2D eigenvalue weighted by molar-refractivity contribution is 5.84. The lowest BCUT2D eigenvalue weighted by molar-refractivity contribution is 0.304. The van der Waals surface area contributed by atoms with Crippen LogP contribution in [0.15, 0.2) is 53.1 Å². The SMILES string of the molecule is Cc1ccccc1OCc1coc2cccc(CN)c12. The molecule has 0 fully saturated rings. The standard InChI is InChI=1S/C17H17NO2/c1-12-5-2-3-7-15(12)19-10-14-11-20-16-8-4-6-13(9-18)17(14)16/h2-8,11H,9-10,18H2,1H3. The molecule has 0 radical (unpaired) electrons. The molecule has 2 aromatic carbocycles. The quantitative estimate of drug-likeness (QED) is 0.782. The van der Waals surface area contributed by atoms with Crippen LogP contribution in [-0.4, -0.2) is 0 Å². The molecule has 20 heavy (non-hydrogen) atoms. The van der Waals surface area contributed by atoms with Crippen molar-refractivity contribution in [2.24, 2.45) is 5.73 Å². The Hall–Kier alpha value is -2.26. The van der Waals surface area contributed by atoms with E-state index in [9.17, 15) is 0 Å². The molecular weight excluding hydrogens is 250 g/mol. The Kier molecular flexibility index (Phi) is 3.44. The number of hydrogen-bond acceptors (Lipinski definition) is 3. The minimum absolute atomic E-state index is 0.481. The molecule has 0 saturated carbocycles. The monoisotopic (exact) mass is 267 g/mol. The van der Waals surface area contributed by atoms with Gasteiger partial charge in [-0.25, -0.2) is 0 Å². The third kappa shape index (κ3) is 2.28. The normalized spacial score (nSPS) is 10.9. The number of fused-ring (bicyclic) bond motifs is 1. The summed E-state index contributed by atoms with van der Waals surface area (Å²) in [5, 5.41) is 1.07. The molecule has 0 saturated heterocycles. The molecule has 3 heteroatoms. The number of furan rings is 1. The molecule has 0 aliphatic rings. The topological polar surface area (TPSA) is 48.4 Å². The fourth-order valence-corrected chi connectivity index (χ4v) is 2.38. The van der Waals surface area contributed by atoms with Crippen LogP contribution in [0.3, 0.4) is 0 Å². The van der Waals surface area contributed by atoms with E-state index >= 15 is 0 Å². The highest BCUT2D eigenvalue weighted by atomic mass is 16.5. The number of benzene rings is 2. The first-order chi connectivity index (χ1) is 9.79. The highest BCUT2D eigenvalue weighted by Gasteiger charge is 2.10. The molecule has 1 aromatic heterocycles. The van der Waals surface area contributed by atoms with Gasteiger partial charge in [-0.1, -0.05) is 30.3 Å². The molecular formula is C17H17NO2. The lowest BCUT2D eigenvalue weighted by Crippen LogP contribution is -2.00. The number of rotatable bonds is 4. The highest BCUT2D eigenvalue weighted by Crippen LogP contribution is 2.26. The fourth-order valence-electron chi connectivity index (χ4n) is 2.38. The van der Waals surface area contributed by atoms with Crippen LogP contribution >= 0.6 is 0 Å². The van der Waals surface area contributed by atoms with Crippen molar-refractivity contribution in [1.29, 1.82) is 0 Å². The molecule has 0 amide bonds. The van der Waals surface area contributed by atoms with Gasteiger partial charge in [-0.2, -0.15) is 0 Å². The van der Waals surface area contributed by atoms with E-state index in [2.05, 4.69) is 0 Å². The molecule has 3 rings (SSSR count). The Morgan fingerprint density at radius 1 is 1.05 bits per heavy atom. The smallest absolute Gasteiger partial charge is 0.134 e. The van der Waals surface area contributed by atoms with Crippen molar-refractivity contribution in [3.8, 4) is 5.75 Å². The number of nitrogens with two attached hydrogens (primary N) is 1. The average molecular weight is 267 g/mol. The van der Waals surface area contributed by atoms with Gasteiger partial charge >= 0.3 is 0 Å². The summed E-state index contributed by atoms with van der Waals surface area (Å²) in [4.78, 5) is 0. The van der Waals surface area contributed by atoms with Crippen LogP contribution in [0.5, 0.6) is 5.75 Å². The molecule has 3 aromatic rings. The minimum Gasteiger partial charge on any atom is -0.488 e. The summed E-state index contributed by atoms with van der Waals surface area (Å²) in [7, 11) is 0. The summed E-state index contributed by atoms with van der Waals surface area (Å²) in [6.45, 7) is 3.01. The van der Waals surface area contributed by atoms with Crippen LogP contribution in [0.1, 0.15) is 16.7 Å². The molecule has 0 aliphatic carbocycles. The maximum Gasteiger partial charge on any atom is 0.134 e. The Morgan fingerprint density at radius 2 is 1.90 bits per heavy atom. The van der Waals surface area contributed by atoms with Gasteiger partial charge in [0, 0.05) is 17.5 Å². The van der Waals surface area contributed by atoms with Gasteiger partial charge in [0.25, 0.3) is 0 Å².